The zero-order valence-corrected chi connectivity index (χ0v) is 13.3. The monoisotopic (exact) mass is 325 g/mol. The molecule has 1 aromatic carbocycles. The van der Waals surface area contributed by atoms with Crippen molar-refractivity contribution in [1.82, 2.24) is 4.57 Å². The number of fused-ring (bicyclic) bond motifs is 3. The van der Waals surface area contributed by atoms with Gasteiger partial charge in [0.05, 0.1) is 21.5 Å². The van der Waals surface area contributed by atoms with E-state index in [0.29, 0.717) is 22.9 Å². The van der Waals surface area contributed by atoms with Gasteiger partial charge in [0.2, 0.25) is 0 Å². The van der Waals surface area contributed by atoms with Crippen molar-refractivity contribution >= 4 is 40.1 Å². The summed E-state index contributed by atoms with van der Waals surface area (Å²) in [6.07, 6.45) is 3.11. The molecule has 3 rings (SSSR count). The van der Waals surface area contributed by atoms with Crippen LogP contribution >= 0.6 is 23.2 Å². The second-order valence-electron chi connectivity index (χ2n) is 5.64. The fourth-order valence-electron chi connectivity index (χ4n) is 3.33. The van der Waals surface area contributed by atoms with Gasteiger partial charge in [-0.2, -0.15) is 0 Å². The molecule has 0 aliphatic heterocycles. The molecule has 1 atom stereocenters. The Labute approximate surface area is 133 Å². The molecular formula is C16H17Cl2NO2. The van der Waals surface area contributed by atoms with E-state index >= 15 is 0 Å². The van der Waals surface area contributed by atoms with E-state index in [1.807, 2.05) is 12.1 Å². The Balaban J connectivity index is 2.22. The quantitative estimate of drug-likeness (QED) is 0.899. The van der Waals surface area contributed by atoms with Crippen molar-refractivity contribution in [3.05, 3.63) is 33.4 Å². The Hall–Kier alpha value is -1.19. The van der Waals surface area contributed by atoms with Crippen LogP contribution in [0.25, 0.3) is 10.9 Å². The van der Waals surface area contributed by atoms with Gasteiger partial charge in [0.15, 0.2) is 0 Å². The highest BCUT2D eigenvalue weighted by atomic mass is 35.5. The minimum atomic E-state index is -0.711. The fourth-order valence-corrected chi connectivity index (χ4v) is 3.65. The summed E-state index contributed by atoms with van der Waals surface area (Å²) in [5.41, 5.74) is 3.46. The van der Waals surface area contributed by atoms with Crippen LogP contribution in [0.15, 0.2) is 12.1 Å². The molecule has 0 amide bonds. The minimum absolute atomic E-state index is 0.298. The summed E-state index contributed by atoms with van der Waals surface area (Å²) >= 11 is 12.3. The molecule has 1 unspecified atom stereocenters. The van der Waals surface area contributed by atoms with E-state index in [1.54, 1.807) is 0 Å². The van der Waals surface area contributed by atoms with Gasteiger partial charge in [0.25, 0.3) is 0 Å². The van der Waals surface area contributed by atoms with Crippen LogP contribution in [0, 0.1) is 5.92 Å². The van der Waals surface area contributed by atoms with E-state index in [4.69, 9.17) is 23.2 Å². The molecule has 1 N–H and O–H groups in total. The lowest BCUT2D eigenvalue weighted by molar-refractivity contribution is -0.142. The number of hydrogen-bond acceptors (Lipinski definition) is 1. The summed E-state index contributed by atoms with van der Waals surface area (Å²) in [6, 6.07) is 3.79. The van der Waals surface area contributed by atoms with Gasteiger partial charge in [-0.15, -0.1) is 0 Å². The molecule has 21 heavy (non-hydrogen) atoms. The number of halogens is 2. The molecule has 1 aliphatic rings. The van der Waals surface area contributed by atoms with Crippen LogP contribution in [-0.2, 0) is 24.2 Å². The van der Waals surface area contributed by atoms with Crippen LogP contribution in [0.1, 0.15) is 31.0 Å². The van der Waals surface area contributed by atoms with Crippen LogP contribution in [0.5, 0.6) is 0 Å². The number of benzene rings is 1. The average Bonchev–Trinajstić information content (AvgIpc) is 2.73. The Kier molecular flexibility index (Phi) is 3.89. The van der Waals surface area contributed by atoms with Crippen molar-refractivity contribution in [2.24, 2.45) is 5.92 Å². The third-order valence-corrected chi connectivity index (χ3v) is 5.03. The minimum Gasteiger partial charge on any atom is -0.481 e. The zero-order chi connectivity index (χ0) is 15.1. The fraction of sp³-hybridized carbons (Fsp3) is 0.438. The summed E-state index contributed by atoms with van der Waals surface area (Å²) in [6.45, 7) is 3.06. The molecule has 2 aromatic rings. The van der Waals surface area contributed by atoms with E-state index in [1.165, 1.54) is 5.69 Å². The number of rotatable bonds is 3. The van der Waals surface area contributed by atoms with Gasteiger partial charge < -0.3 is 9.67 Å². The van der Waals surface area contributed by atoms with Crippen molar-refractivity contribution in [1.29, 1.82) is 0 Å². The van der Waals surface area contributed by atoms with Crippen molar-refractivity contribution in [3.8, 4) is 0 Å². The third-order valence-electron chi connectivity index (χ3n) is 4.31. The maximum Gasteiger partial charge on any atom is 0.306 e. The van der Waals surface area contributed by atoms with Gasteiger partial charge in [-0.05, 0) is 43.4 Å². The number of aromatic nitrogens is 1. The van der Waals surface area contributed by atoms with Gasteiger partial charge in [0, 0.05) is 17.6 Å². The van der Waals surface area contributed by atoms with Gasteiger partial charge in [-0.1, -0.05) is 30.1 Å². The van der Waals surface area contributed by atoms with Crippen molar-refractivity contribution in [2.45, 2.75) is 39.2 Å². The standard InChI is InChI=1S/C16H17Cl2NO2/c1-2-5-19-14-4-3-9(16(20)21)6-10(14)11-7-12(17)13(18)8-15(11)19/h7-9H,2-6H2,1H3,(H,20,21). The van der Waals surface area contributed by atoms with Gasteiger partial charge >= 0.3 is 5.97 Å². The van der Waals surface area contributed by atoms with E-state index in [0.717, 1.165) is 35.9 Å². The van der Waals surface area contributed by atoms with Crippen molar-refractivity contribution in [3.63, 3.8) is 0 Å². The molecule has 0 fully saturated rings. The topological polar surface area (TPSA) is 42.2 Å². The SMILES string of the molecule is CCCn1c2c(c3cc(Cl)c(Cl)cc31)CC(C(=O)O)CC2. The van der Waals surface area contributed by atoms with E-state index in [-0.39, 0.29) is 5.92 Å². The normalized spacial score (nSPS) is 18.0. The lowest BCUT2D eigenvalue weighted by Gasteiger charge is -2.21. The highest BCUT2D eigenvalue weighted by Gasteiger charge is 2.29. The number of carboxylic acid groups (broad SMARTS) is 1. The number of aryl methyl sites for hydroxylation is 1. The third kappa shape index (κ3) is 2.43. The first-order valence-electron chi connectivity index (χ1n) is 7.24. The van der Waals surface area contributed by atoms with Gasteiger partial charge in [-0.3, -0.25) is 4.79 Å². The Morgan fingerprint density at radius 3 is 2.76 bits per heavy atom. The molecule has 0 bridgehead atoms. The molecule has 0 saturated heterocycles. The Bertz CT molecular complexity index is 721. The second-order valence-corrected chi connectivity index (χ2v) is 6.45. The first-order chi connectivity index (χ1) is 10.0. The molecule has 112 valence electrons. The molecular weight excluding hydrogens is 309 g/mol. The number of hydrogen-bond donors (Lipinski definition) is 1. The number of carboxylic acids is 1. The lowest BCUT2D eigenvalue weighted by Crippen LogP contribution is -2.23. The number of aliphatic carboxylic acids is 1. The van der Waals surface area contributed by atoms with Crippen LogP contribution in [0.4, 0.5) is 0 Å². The van der Waals surface area contributed by atoms with E-state index < -0.39 is 5.97 Å². The lowest BCUT2D eigenvalue weighted by atomic mass is 9.86. The van der Waals surface area contributed by atoms with Crippen molar-refractivity contribution in [2.75, 3.05) is 0 Å². The average molecular weight is 326 g/mol. The maximum atomic E-state index is 11.3. The number of nitrogens with zero attached hydrogens (tertiary/aromatic N) is 1. The molecule has 0 radical (unpaired) electrons. The van der Waals surface area contributed by atoms with E-state index in [9.17, 15) is 9.90 Å². The van der Waals surface area contributed by atoms with E-state index in [2.05, 4.69) is 11.5 Å². The van der Waals surface area contributed by atoms with Crippen LogP contribution in [0.2, 0.25) is 10.0 Å². The largest absolute Gasteiger partial charge is 0.481 e. The van der Waals surface area contributed by atoms with Gasteiger partial charge in [0.1, 0.15) is 0 Å². The first-order valence-corrected chi connectivity index (χ1v) is 8.00. The molecule has 1 heterocycles. The first kappa shape index (κ1) is 14.7. The van der Waals surface area contributed by atoms with Crippen LogP contribution < -0.4 is 0 Å². The summed E-state index contributed by atoms with van der Waals surface area (Å²) in [4.78, 5) is 11.3. The molecule has 0 saturated carbocycles. The maximum absolute atomic E-state index is 11.3. The summed E-state index contributed by atoms with van der Waals surface area (Å²) in [5, 5.41) is 11.4. The molecule has 3 nitrogen and oxygen atoms in total. The molecule has 5 heteroatoms. The predicted molar refractivity (Wildman–Crippen MR) is 85.4 cm³/mol. The summed E-state index contributed by atoms with van der Waals surface area (Å²) in [7, 11) is 0. The zero-order valence-electron chi connectivity index (χ0n) is 11.8. The van der Waals surface area contributed by atoms with Crippen LogP contribution in [0.3, 0.4) is 0 Å². The molecule has 1 aliphatic carbocycles. The second kappa shape index (κ2) is 5.54. The van der Waals surface area contributed by atoms with Crippen LogP contribution in [-0.4, -0.2) is 15.6 Å². The Morgan fingerprint density at radius 1 is 1.38 bits per heavy atom. The molecule has 0 spiro atoms. The molecule has 1 aromatic heterocycles. The predicted octanol–water partition coefficient (Wildman–Crippen LogP) is 4.55. The smallest absolute Gasteiger partial charge is 0.306 e. The summed E-state index contributed by atoms with van der Waals surface area (Å²) < 4.78 is 2.28. The van der Waals surface area contributed by atoms with Gasteiger partial charge in [-0.25, -0.2) is 0 Å². The number of carbonyl (C=O) groups is 1. The Morgan fingerprint density at radius 2 is 2.10 bits per heavy atom. The van der Waals surface area contributed by atoms with Crippen molar-refractivity contribution < 1.29 is 9.90 Å². The summed E-state index contributed by atoms with van der Waals surface area (Å²) in [5.74, 6) is -1.01. The highest BCUT2D eigenvalue weighted by molar-refractivity contribution is 6.42. The highest BCUT2D eigenvalue weighted by Crippen LogP contribution is 2.38.